The molecule has 0 radical (unpaired) electrons. The summed E-state index contributed by atoms with van der Waals surface area (Å²) in [5.41, 5.74) is 2.55. The highest BCUT2D eigenvalue weighted by molar-refractivity contribution is 8.00. The summed E-state index contributed by atoms with van der Waals surface area (Å²) < 4.78 is 6.16. The van der Waals surface area contributed by atoms with Crippen molar-refractivity contribution in [3.63, 3.8) is 0 Å². The fraction of sp³-hybridized carbons (Fsp3) is 0.118. The number of anilines is 2. The number of hydrogen-bond acceptors (Lipinski definition) is 7. The molecule has 0 aliphatic rings. The predicted octanol–water partition coefficient (Wildman–Crippen LogP) is 4.45. The molecule has 0 bridgehead atoms. The molecule has 0 amide bonds. The molecule has 7 heteroatoms. The van der Waals surface area contributed by atoms with E-state index in [2.05, 4.69) is 21.6 Å². The van der Waals surface area contributed by atoms with Gasteiger partial charge in [-0.25, -0.2) is 0 Å². The van der Waals surface area contributed by atoms with Crippen LogP contribution in [-0.2, 0) is 5.75 Å². The maximum Gasteiger partial charge on any atom is 0.210 e. The highest BCUT2D eigenvalue weighted by Crippen LogP contribution is 2.32. The summed E-state index contributed by atoms with van der Waals surface area (Å²) in [4.78, 5) is 0. The molecule has 0 saturated heterocycles. The van der Waals surface area contributed by atoms with Gasteiger partial charge in [-0.05, 0) is 23.8 Å². The van der Waals surface area contributed by atoms with Gasteiger partial charge in [0.05, 0.1) is 24.4 Å². The quantitative estimate of drug-likeness (QED) is 0.659. The van der Waals surface area contributed by atoms with Gasteiger partial charge in [-0.3, -0.25) is 0 Å². The molecule has 0 unspecified atom stereocenters. The summed E-state index contributed by atoms with van der Waals surface area (Å²) >= 11 is 3.04. The van der Waals surface area contributed by atoms with Crippen molar-refractivity contribution in [3.05, 3.63) is 59.7 Å². The Balaban J connectivity index is 1.67. The van der Waals surface area contributed by atoms with Crippen LogP contribution in [0, 0.1) is 11.3 Å². The Bertz CT molecular complexity index is 873. The molecular formula is C17H14N4OS2. The lowest BCUT2D eigenvalue weighted by molar-refractivity contribution is 0.417. The van der Waals surface area contributed by atoms with Crippen LogP contribution >= 0.6 is 23.1 Å². The van der Waals surface area contributed by atoms with Crippen molar-refractivity contribution in [1.29, 1.82) is 5.26 Å². The lowest BCUT2D eigenvalue weighted by Crippen LogP contribution is -1.93. The van der Waals surface area contributed by atoms with Crippen molar-refractivity contribution in [2.24, 2.45) is 0 Å². The monoisotopic (exact) mass is 354 g/mol. The second kappa shape index (κ2) is 7.81. The Morgan fingerprint density at radius 2 is 1.96 bits per heavy atom. The van der Waals surface area contributed by atoms with Crippen LogP contribution < -0.4 is 10.1 Å². The van der Waals surface area contributed by atoms with Crippen molar-refractivity contribution in [3.8, 4) is 11.8 Å². The smallest absolute Gasteiger partial charge is 0.210 e. The van der Waals surface area contributed by atoms with E-state index in [0.717, 1.165) is 21.3 Å². The first-order chi connectivity index (χ1) is 11.8. The van der Waals surface area contributed by atoms with Crippen molar-refractivity contribution in [2.75, 3.05) is 12.4 Å². The Kier molecular flexibility index (Phi) is 5.31. The van der Waals surface area contributed by atoms with Crippen LogP contribution in [0.2, 0.25) is 0 Å². The fourth-order valence-corrected chi connectivity index (χ4v) is 3.84. The average Bonchev–Trinajstić information content (AvgIpc) is 3.08. The third-order valence-electron chi connectivity index (χ3n) is 3.24. The first-order valence-electron chi connectivity index (χ1n) is 7.14. The average molecular weight is 354 g/mol. The van der Waals surface area contributed by atoms with E-state index in [1.165, 1.54) is 11.3 Å². The summed E-state index contributed by atoms with van der Waals surface area (Å²) in [7, 11) is 1.63. The van der Waals surface area contributed by atoms with Crippen molar-refractivity contribution in [2.45, 2.75) is 10.1 Å². The summed E-state index contributed by atoms with van der Waals surface area (Å²) in [5.74, 6) is 1.44. The van der Waals surface area contributed by atoms with Crippen LogP contribution in [0.1, 0.15) is 11.1 Å². The zero-order valence-electron chi connectivity index (χ0n) is 12.9. The highest BCUT2D eigenvalue weighted by Gasteiger charge is 2.09. The highest BCUT2D eigenvalue weighted by atomic mass is 32.2. The Morgan fingerprint density at radius 3 is 2.79 bits per heavy atom. The van der Waals surface area contributed by atoms with Gasteiger partial charge < -0.3 is 10.1 Å². The second-order valence-electron chi connectivity index (χ2n) is 4.76. The Morgan fingerprint density at radius 1 is 1.17 bits per heavy atom. The maximum absolute atomic E-state index is 9.13. The minimum atomic E-state index is 0.688. The number of aromatic nitrogens is 2. The number of methoxy groups -OCH3 is 1. The van der Waals surface area contributed by atoms with Gasteiger partial charge in [-0.1, -0.05) is 53.4 Å². The van der Waals surface area contributed by atoms with Gasteiger partial charge in [0.15, 0.2) is 4.34 Å². The number of nitrogens with one attached hydrogen (secondary N) is 1. The van der Waals surface area contributed by atoms with Crippen LogP contribution in [0.25, 0.3) is 0 Å². The second-order valence-corrected chi connectivity index (χ2v) is 6.96. The number of ether oxygens (including phenoxy) is 1. The van der Waals surface area contributed by atoms with E-state index in [9.17, 15) is 0 Å². The molecule has 1 heterocycles. The van der Waals surface area contributed by atoms with Gasteiger partial charge in [0.25, 0.3) is 0 Å². The molecule has 2 aromatic carbocycles. The van der Waals surface area contributed by atoms with Crippen molar-refractivity contribution in [1.82, 2.24) is 10.2 Å². The number of rotatable bonds is 6. The van der Waals surface area contributed by atoms with E-state index in [-0.39, 0.29) is 0 Å². The zero-order chi connectivity index (χ0) is 16.8. The number of nitriles is 1. The molecule has 1 aromatic heterocycles. The standard InChI is InChI=1S/C17H14N4OS2/c1-22-15-9-5-4-8-14(15)19-16-20-21-17(24-16)23-11-13-7-3-2-6-12(13)10-18/h2-9H,11H2,1H3,(H,19,20). The molecule has 0 spiro atoms. The molecule has 5 nitrogen and oxygen atoms in total. The number of thioether (sulfide) groups is 1. The lowest BCUT2D eigenvalue weighted by Gasteiger charge is -2.07. The normalized spacial score (nSPS) is 10.2. The van der Waals surface area contributed by atoms with Gasteiger partial charge >= 0.3 is 0 Å². The molecule has 120 valence electrons. The molecule has 1 N–H and O–H groups in total. The summed E-state index contributed by atoms with van der Waals surface area (Å²) in [6.45, 7) is 0. The number of hydrogen-bond donors (Lipinski definition) is 1. The molecule has 0 aliphatic heterocycles. The maximum atomic E-state index is 9.13. The molecule has 0 aliphatic carbocycles. The van der Waals surface area contributed by atoms with E-state index in [1.54, 1.807) is 18.9 Å². The predicted molar refractivity (Wildman–Crippen MR) is 96.9 cm³/mol. The zero-order valence-corrected chi connectivity index (χ0v) is 14.5. The minimum absolute atomic E-state index is 0.688. The Labute approximate surface area is 148 Å². The fourth-order valence-electron chi connectivity index (χ4n) is 2.08. The molecule has 24 heavy (non-hydrogen) atoms. The molecule has 0 fully saturated rings. The lowest BCUT2D eigenvalue weighted by atomic mass is 10.1. The number of benzene rings is 2. The number of nitrogens with zero attached hydrogens (tertiary/aromatic N) is 3. The van der Waals surface area contributed by atoms with Crippen LogP contribution in [0.15, 0.2) is 52.9 Å². The molecule has 0 saturated carbocycles. The summed E-state index contributed by atoms with van der Waals surface area (Å²) in [6, 6.07) is 17.5. The third kappa shape index (κ3) is 3.85. The Hall–Kier alpha value is -2.56. The SMILES string of the molecule is COc1ccccc1Nc1nnc(SCc2ccccc2C#N)s1. The first kappa shape index (κ1) is 16.3. The van der Waals surface area contributed by atoms with E-state index in [1.807, 2.05) is 48.5 Å². The molecular weight excluding hydrogens is 340 g/mol. The van der Waals surface area contributed by atoms with Gasteiger partial charge in [0, 0.05) is 5.75 Å². The van der Waals surface area contributed by atoms with Gasteiger partial charge in [0.1, 0.15) is 5.75 Å². The molecule has 3 rings (SSSR count). The van der Waals surface area contributed by atoms with Crippen molar-refractivity contribution < 1.29 is 4.74 Å². The summed E-state index contributed by atoms with van der Waals surface area (Å²) in [6.07, 6.45) is 0. The minimum Gasteiger partial charge on any atom is -0.495 e. The van der Waals surface area contributed by atoms with E-state index in [4.69, 9.17) is 10.00 Å². The van der Waals surface area contributed by atoms with Gasteiger partial charge in [-0.2, -0.15) is 5.26 Å². The molecule has 0 atom stereocenters. The van der Waals surface area contributed by atoms with E-state index >= 15 is 0 Å². The third-order valence-corrected chi connectivity index (χ3v) is 5.26. The number of para-hydroxylation sites is 2. The van der Waals surface area contributed by atoms with Gasteiger partial charge in [0.2, 0.25) is 5.13 Å². The topological polar surface area (TPSA) is 70.8 Å². The first-order valence-corrected chi connectivity index (χ1v) is 8.94. The van der Waals surface area contributed by atoms with Crippen LogP contribution in [0.3, 0.4) is 0 Å². The molecule has 3 aromatic rings. The van der Waals surface area contributed by atoms with E-state index in [0.29, 0.717) is 16.4 Å². The van der Waals surface area contributed by atoms with Crippen LogP contribution in [0.4, 0.5) is 10.8 Å². The van der Waals surface area contributed by atoms with E-state index < -0.39 is 0 Å². The largest absolute Gasteiger partial charge is 0.495 e. The van der Waals surface area contributed by atoms with Crippen LogP contribution in [0.5, 0.6) is 5.75 Å². The van der Waals surface area contributed by atoms with Gasteiger partial charge in [-0.15, -0.1) is 10.2 Å². The van der Waals surface area contributed by atoms with Crippen LogP contribution in [-0.4, -0.2) is 17.3 Å². The van der Waals surface area contributed by atoms with Crippen molar-refractivity contribution >= 4 is 33.9 Å². The summed E-state index contributed by atoms with van der Waals surface area (Å²) in [5, 5.41) is 21.4.